The molecule has 1 rings (SSSR count). The molecule has 98 valence electrons. The first-order valence-electron chi connectivity index (χ1n) is 6.09. The summed E-state index contributed by atoms with van der Waals surface area (Å²) < 4.78 is 9.52. The summed E-state index contributed by atoms with van der Waals surface area (Å²) in [5.41, 5.74) is 0. The van der Waals surface area contributed by atoms with Crippen molar-refractivity contribution >= 4 is 12.1 Å². The van der Waals surface area contributed by atoms with Crippen molar-refractivity contribution in [3.05, 3.63) is 0 Å². The molecule has 1 amide bonds. The number of esters is 1. The van der Waals surface area contributed by atoms with E-state index in [1.54, 1.807) is 4.90 Å². The Hall–Kier alpha value is -1.26. The molecule has 0 radical (unpaired) electrons. The summed E-state index contributed by atoms with van der Waals surface area (Å²) in [5.74, 6) is -0.351. The first kappa shape index (κ1) is 13.8. The van der Waals surface area contributed by atoms with Crippen LogP contribution in [-0.2, 0) is 14.3 Å². The van der Waals surface area contributed by atoms with Crippen LogP contribution in [0.1, 0.15) is 39.0 Å². The highest BCUT2D eigenvalue weighted by Crippen LogP contribution is 2.27. The number of methoxy groups -OCH3 is 2. The van der Waals surface area contributed by atoms with E-state index in [1.165, 1.54) is 14.2 Å². The highest BCUT2D eigenvalue weighted by molar-refractivity contribution is 5.81. The van der Waals surface area contributed by atoms with Crippen LogP contribution in [-0.4, -0.2) is 43.3 Å². The van der Waals surface area contributed by atoms with Gasteiger partial charge in [0.1, 0.15) is 6.04 Å². The van der Waals surface area contributed by atoms with Crippen LogP contribution in [0.4, 0.5) is 4.79 Å². The zero-order chi connectivity index (χ0) is 12.8. The Labute approximate surface area is 102 Å². The Balaban J connectivity index is 2.86. The standard InChI is InChI=1S/C12H21NO4/c1-4-6-9-7-5-8-10(11(14)16-2)13(9)12(15)17-3/h9-10H,4-8H2,1-3H3/t9-,10-/m0/s1. The van der Waals surface area contributed by atoms with Gasteiger partial charge in [0.05, 0.1) is 14.2 Å². The molecule has 0 spiro atoms. The maximum atomic E-state index is 11.8. The molecule has 1 aliphatic rings. The Kier molecular flexibility index (Phi) is 5.25. The number of ether oxygens (including phenoxy) is 2. The lowest BCUT2D eigenvalue weighted by Crippen LogP contribution is -2.53. The normalized spacial score (nSPS) is 24.3. The zero-order valence-electron chi connectivity index (χ0n) is 10.8. The van der Waals surface area contributed by atoms with Crippen LogP contribution < -0.4 is 0 Å². The molecular formula is C12H21NO4. The monoisotopic (exact) mass is 243 g/mol. The highest BCUT2D eigenvalue weighted by Gasteiger charge is 2.39. The second kappa shape index (κ2) is 6.47. The van der Waals surface area contributed by atoms with Crippen LogP contribution in [0.2, 0.25) is 0 Å². The van der Waals surface area contributed by atoms with E-state index < -0.39 is 12.1 Å². The Bertz CT molecular complexity index is 278. The second-order valence-corrected chi connectivity index (χ2v) is 4.29. The van der Waals surface area contributed by atoms with Gasteiger partial charge in [0.2, 0.25) is 0 Å². The maximum absolute atomic E-state index is 11.8. The number of carbonyl (C=O) groups excluding carboxylic acids is 2. The van der Waals surface area contributed by atoms with Gasteiger partial charge in [0, 0.05) is 6.04 Å². The molecule has 2 atom stereocenters. The molecule has 0 bridgehead atoms. The summed E-state index contributed by atoms with van der Waals surface area (Å²) >= 11 is 0. The Morgan fingerprint density at radius 2 is 1.94 bits per heavy atom. The fraction of sp³-hybridized carbons (Fsp3) is 0.833. The fourth-order valence-corrected chi connectivity index (χ4v) is 2.45. The highest BCUT2D eigenvalue weighted by atomic mass is 16.5. The van der Waals surface area contributed by atoms with Crippen LogP contribution in [0, 0.1) is 0 Å². The van der Waals surface area contributed by atoms with Crippen LogP contribution in [0.5, 0.6) is 0 Å². The SMILES string of the molecule is CCC[C@H]1CCC[C@@H](C(=O)OC)N1C(=O)OC. The first-order valence-corrected chi connectivity index (χ1v) is 6.09. The van der Waals surface area contributed by atoms with Crippen molar-refractivity contribution in [1.82, 2.24) is 4.90 Å². The molecule has 0 saturated carbocycles. The Morgan fingerprint density at radius 3 is 2.47 bits per heavy atom. The maximum Gasteiger partial charge on any atom is 0.410 e. The zero-order valence-corrected chi connectivity index (χ0v) is 10.8. The van der Waals surface area contributed by atoms with Crippen LogP contribution >= 0.6 is 0 Å². The third-order valence-electron chi connectivity index (χ3n) is 3.22. The minimum absolute atomic E-state index is 0.0882. The van der Waals surface area contributed by atoms with Gasteiger partial charge in [0.15, 0.2) is 0 Å². The van der Waals surface area contributed by atoms with Gasteiger partial charge < -0.3 is 9.47 Å². The van der Waals surface area contributed by atoms with E-state index in [2.05, 4.69) is 6.92 Å². The fourth-order valence-electron chi connectivity index (χ4n) is 2.45. The van der Waals surface area contributed by atoms with Crippen molar-refractivity contribution in [2.45, 2.75) is 51.1 Å². The molecular weight excluding hydrogens is 222 g/mol. The molecule has 1 heterocycles. The van der Waals surface area contributed by atoms with E-state index in [0.717, 1.165) is 25.7 Å². The minimum Gasteiger partial charge on any atom is -0.467 e. The second-order valence-electron chi connectivity index (χ2n) is 4.29. The van der Waals surface area contributed by atoms with Crippen molar-refractivity contribution in [2.75, 3.05) is 14.2 Å². The molecule has 17 heavy (non-hydrogen) atoms. The van der Waals surface area contributed by atoms with Gasteiger partial charge in [-0.25, -0.2) is 9.59 Å². The van der Waals surface area contributed by atoms with Crippen LogP contribution in [0.3, 0.4) is 0 Å². The van der Waals surface area contributed by atoms with Crippen molar-refractivity contribution < 1.29 is 19.1 Å². The minimum atomic E-state index is -0.488. The van der Waals surface area contributed by atoms with E-state index in [0.29, 0.717) is 6.42 Å². The molecule has 5 nitrogen and oxygen atoms in total. The summed E-state index contributed by atoms with van der Waals surface area (Å²) in [5, 5.41) is 0. The average molecular weight is 243 g/mol. The van der Waals surface area contributed by atoms with E-state index in [-0.39, 0.29) is 12.0 Å². The summed E-state index contributed by atoms with van der Waals surface area (Å²) in [7, 11) is 2.69. The number of hydrogen-bond donors (Lipinski definition) is 0. The number of piperidine rings is 1. The van der Waals surface area contributed by atoms with Gasteiger partial charge in [-0.3, -0.25) is 4.90 Å². The molecule has 0 aromatic carbocycles. The van der Waals surface area contributed by atoms with Gasteiger partial charge in [0.25, 0.3) is 0 Å². The molecule has 0 aromatic rings. The average Bonchev–Trinajstić information content (AvgIpc) is 2.37. The van der Waals surface area contributed by atoms with Gasteiger partial charge >= 0.3 is 12.1 Å². The predicted molar refractivity (Wildman–Crippen MR) is 62.6 cm³/mol. The predicted octanol–water partition coefficient (Wildman–Crippen LogP) is 1.95. The summed E-state index contributed by atoms with van der Waals surface area (Å²) in [6.45, 7) is 2.07. The summed E-state index contributed by atoms with van der Waals surface area (Å²) in [6.07, 6.45) is 3.96. The lowest BCUT2D eigenvalue weighted by atomic mass is 9.93. The van der Waals surface area contributed by atoms with Crippen molar-refractivity contribution in [3.63, 3.8) is 0 Å². The van der Waals surface area contributed by atoms with E-state index in [1.807, 2.05) is 0 Å². The molecule has 0 unspecified atom stereocenters. The number of likely N-dealkylation sites (tertiary alicyclic amines) is 1. The quantitative estimate of drug-likeness (QED) is 0.711. The number of amides is 1. The summed E-state index contributed by atoms with van der Waals surface area (Å²) in [6, 6.07) is -0.400. The van der Waals surface area contributed by atoms with Crippen LogP contribution in [0.15, 0.2) is 0 Å². The van der Waals surface area contributed by atoms with Crippen molar-refractivity contribution in [2.24, 2.45) is 0 Å². The molecule has 0 aliphatic carbocycles. The molecule has 0 N–H and O–H groups in total. The lowest BCUT2D eigenvalue weighted by Gasteiger charge is -2.39. The molecule has 1 saturated heterocycles. The van der Waals surface area contributed by atoms with Crippen LogP contribution in [0.25, 0.3) is 0 Å². The van der Waals surface area contributed by atoms with Gasteiger partial charge in [-0.15, -0.1) is 0 Å². The molecule has 1 aliphatic heterocycles. The van der Waals surface area contributed by atoms with Crippen molar-refractivity contribution in [1.29, 1.82) is 0 Å². The van der Waals surface area contributed by atoms with Gasteiger partial charge in [-0.2, -0.15) is 0 Å². The summed E-state index contributed by atoms with van der Waals surface area (Å²) in [4.78, 5) is 25.0. The van der Waals surface area contributed by atoms with E-state index in [4.69, 9.17) is 9.47 Å². The molecule has 1 fully saturated rings. The lowest BCUT2D eigenvalue weighted by molar-refractivity contribution is -0.148. The van der Waals surface area contributed by atoms with E-state index in [9.17, 15) is 9.59 Å². The third kappa shape index (κ3) is 3.11. The largest absolute Gasteiger partial charge is 0.467 e. The topological polar surface area (TPSA) is 55.8 Å². The van der Waals surface area contributed by atoms with Crippen molar-refractivity contribution in [3.8, 4) is 0 Å². The molecule has 5 heteroatoms. The van der Waals surface area contributed by atoms with E-state index >= 15 is 0 Å². The smallest absolute Gasteiger partial charge is 0.410 e. The van der Waals surface area contributed by atoms with Gasteiger partial charge in [-0.05, 0) is 25.7 Å². The first-order chi connectivity index (χ1) is 8.15. The molecule has 0 aromatic heterocycles. The number of hydrogen-bond acceptors (Lipinski definition) is 4. The Morgan fingerprint density at radius 1 is 1.24 bits per heavy atom. The number of nitrogens with zero attached hydrogens (tertiary/aromatic N) is 1. The van der Waals surface area contributed by atoms with Gasteiger partial charge in [-0.1, -0.05) is 13.3 Å². The number of rotatable bonds is 3. The number of carbonyl (C=O) groups is 2. The third-order valence-corrected chi connectivity index (χ3v) is 3.22.